The predicted molar refractivity (Wildman–Crippen MR) is 75.4 cm³/mol. The van der Waals surface area contributed by atoms with Gasteiger partial charge in [-0.25, -0.2) is 0 Å². The number of carbonyl (C=O) groups is 1. The van der Waals surface area contributed by atoms with Gasteiger partial charge in [0.1, 0.15) is 5.75 Å². The first kappa shape index (κ1) is 14.8. The molecule has 0 aliphatic heterocycles. The molecule has 0 saturated carbocycles. The van der Waals surface area contributed by atoms with E-state index in [1.54, 1.807) is 0 Å². The summed E-state index contributed by atoms with van der Waals surface area (Å²) in [4.78, 5) is 11.5. The van der Waals surface area contributed by atoms with E-state index < -0.39 is 0 Å². The zero-order valence-corrected chi connectivity index (χ0v) is 11.7. The maximum atomic E-state index is 11.5. The molecule has 0 saturated heterocycles. The highest BCUT2D eigenvalue weighted by molar-refractivity contribution is 6.19. The van der Waals surface area contributed by atoms with Gasteiger partial charge in [0.05, 0.1) is 12.3 Å². The van der Waals surface area contributed by atoms with E-state index in [4.69, 9.17) is 16.3 Å². The Labute approximate surface area is 113 Å². The van der Waals surface area contributed by atoms with E-state index in [0.29, 0.717) is 36.3 Å². The van der Waals surface area contributed by atoms with Gasteiger partial charge in [0.15, 0.2) is 0 Å². The van der Waals surface area contributed by atoms with Crippen molar-refractivity contribution in [1.29, 1.82) is 0 Å². The highest BCUT2D eigenvalue weighted by Crippen LogP contribution is 2.24. The molecule has 0 aliphatic carbocycles. The van der Waals surface area contributed by atoms with E-state index in [2.05, 4.69) is 19.2 Å². The first-order chi connectivity index (χ1) is 8.63. The third-order valence-electron chi connectivity index (χ3n) is 2.44. The van der Waals surface area contributed by atoms with E-state index in [1.165, 1.54) is 0 Å². The topological polar surface area (TPSA) is 38.3 Å². The highest BCUT2D eigenvalue weighted by Gasteiger charge is 2.07. The fourth-order valence-corrected chi connectivity index (χ4v) is 1.57. The van der Waals surface area contributed by atoms with Crippen molar-refractivity contribution in [3.63, 3.8) is 0 Å². The van der Waals surface area contributed by atoms with Gasteiger partial charge < -0.3 is 10.1 Å². The summed E-state index contributed by atoms with van der Waals surface area (Å²) in [6.07, 6.45) is 1.30. The first-order valence-electron chi connectivity index (χ1n) is 6.21. The SMILES string of the molecule is CC(C)CCOc1ccccc1NC(=O)CCCl. The van der Waals surface area contributed by atoms with Gasteiger partial charge >= 0.3 is 0 Å². The Bertz CT molecular complexity index is 380. The number of para-hydroxylation sites is 2. The van der Waals surface area contributed by atoms with Gasteiger partial charge in [0.2, 0.25) is 5.91 Å². The molecule has 0 fully saturated rings. The molecule has 0 aromatic heterocycles. The number of rotatable bonds is 7. The summed E-state index contributed by atoms with van der Waals surface area (Å²) in [5, 5.41) is 2.80. The normalized spacial score (nSPS) is 10.4. The second-order valence-electron chi connectivity index (χ2n) is 4.51. The van der Waals surface area contributed by atoms with Crippen LogP contribution in [-0.2, 0) is 4.79 Å². The minimum absolute atomic E-state index is 0.0927. The summed E-state index contributed by atoms with van der Waals surface area (Å²) in [7, 11) is 0. The zero-order chi connectivity index (χ0) is 13.4. The maximum Gasteiger partial charge on any atom is 0.225 e. The molecule has 0 spiro atoms. The van der Waals surface area contributed by atoms with Gasteiger partial charge in [0.25, 0.3) is 0 Å². The van der Waals surface area contributed by atoms with Crippen LogP contribution in [0.25, 0.3) is 0 Å². The summed E-state index contributed by atoms with van der Waals surface area (Å²) in [6, 6.07) is 7.45. The number of halogens is 1. The van der Waals surface area contributed by atoms with Gasteiger partial charge in [-0.1, -0.05) is 26.0 Å². The van der Waals surface area contributed by atoms with Crippen LogP contribution in [-0.4, -0.2) is 18.4 Å². The van der Waals surface area contributed by atoms with Crippen molar-refractivity contribution in [2.24, 2.45) is 5.92 Å². The number of anilines is 1. The number of hydrogen-bond acceptors (Lipinski definition) is 2. The molecule has 3 nitrogen and oxygen atoms in total. The van der Waals surface area contributed by atoms with Gasteiger partial charge in [0, 0.05) is 12.3 Å². The second kappa shape index (κ2) is 7.98. The first-order valence-corrected chi connectivity index (χ1v) is 6.74. The van der Waals surface area contributed by atoms with Crippen molar-refractivity contribution >= 4 is 23.2 Å². The third kappa shape index (κ3) is 5.41. The largest absolute Gasteiger partial charge is 0.491 e. The quantitative estimate of drug-likeness (QED) is 0.767. The molecular weight excluding hydrogens is 250 g/mol. The standard InChI is InChI=1S/C14H20ClNO2/c1-11(2)8-10-18-13-6-4-3-5-12(13)16-14(17)7-9-15/h3-6,11H,7-10H2,1-2H3,(H,16,17). The van der Waals surface area contributed by atoms with Crippen molar-refractivity contribution in [2.45, 2.75) is 26.7 Å². The van der Waals surface area contributed by atoms with Crippen LogP contribution in [0.3, 0.4) is 0 Å². The summed E-state index contributed by atoms with van der Waals surface area (Å²) in [5.74, 6) is 1.54. The van der Waals surface area contributed by atoms with E-state index in [1.807, 2.05) is 24.3 Å². The second-order valence-corrected chi connectivity index (χ2v) is 4.89. The molecule has 0 aliphatic rings. The van der Waals surface area contributed by atoms with Gasteiger partial charge in [-0.05, 0) is 24.5 Å². The van der Waals surface area contributed by atoms with Crippen LogP contribution in [0.1, 0.15) is 26.7 Å². The van der Waals surface area contributed by atoms with Crippen LogP contribution in [0, 0.1) is 5.92 Å². The molecule has 0 radical (unpaired) electrons. The summed E-state index contributed by atoms with van der Waals surface area (Å²) < 4.78 is 5.68. The van der Waals surface area contributed by atoms with Crippen molar-refractivity contribution in [3.8, 4) is 5.75 Å². The lowest BCUT2D eigenvalue weighted by Crippen LogP contribution is -2.13. The molecule has 100 valence electrons. The molecule has 4 heteroatoms. The number of carbonyl (C=O) groups excluding carboxylic acids is 1. The average molecular weight is 270 g/mol. The fourth-order valence-electron chi connectivity index (χ4n) is 1.40. The van der Waals surface area contributed by atoms with Crippen LogP contribution in [0.4, 0.5) is 5.69 Å². The lowest BCUT2D eigenvalue weighted by molar-refractivity contribution is -0.115. The lowest BCUT2D eigenvalue weighted by atomic mass is 10.1. The molecule has 1 N–H and O–H groups in total. The van der Waals surface area contributed by atoms with Crippen molar-refractivity contribution < 1.29 is 9.53 Å². The van der Waals surface area contributed by atoms with E-state index in [0.717, 1.165) is 6.42 Å². The van der Waals surface area contributed by atoms with Crippen LogP contribution in [0.5, 0.6) is 5.75 Å². The van der Waals surface area contributed by atoms with Crippen molar-refractivity contribution in [2.75, 3.05) is 17.8 Å². The Morgan fingerprint density at radius 3 is 2.78 bits per heavy atom. The molecule has 0 atom stereocenters. The third-order valence-corrected chi connectivity index (χ3v) is 2.62. The minimum atomic E-state index is -0.0927. The Kier molecular flexibility index (Phi) is 6.58. The lowest BCUT2D eigenvalue weighted by Gasteiger charge is -2.13. The molecule has 1 aromatic rings. The molecule has 0 heterocycles. The highest BCUT2D eigenvalue weighted by atomic mass is 35.5. The number of benzene rings is 1. The summed E-state index contributed by atoms with van der Waals surface area (Å²) in [6.45, 7) is 4.95. The maximum absolute atomic E-state index is 11.5. The van der Waals surface area contributed by atoms with Crippen molar-refractivity contribution in [1.82, 2.24) is 0 Å². The molecule has 1 amide bonds. The Morgan fingerprint density at radius 1 is 1.39 bits per heavy atom. The van der Waals surface area contributed by atoms with Gasteiger partial charge in [-0.2, -0.15) is 0 Å². The van der Waals surface area contributed by atoms with Gasteiger partial charge in [-0.15, -0.1) is 11.6 Å². The van der Waals surface area contributed by atoms with Crippen LogP contribution in [0.2, 0.25) is 0 Å². The Hall–Kier alpha value is -1.22. The smallest absolute Gasteiger partial charge is 0.225 e. The molecular formula is C14H20ClNO2. The molecule has 0 bridgehead atoms. The van der Waals surface area contributed by atoms with Crippen LogP contribution >= 0.6 is 11.6 Å². The van der Waals surface area contributed by atoms with Crippen LogP contribution < -0.4 is 10.1 Å². The fraction of sp³-hybridized carbons (Fsp3) is 0.500. The summed E-state index contributed by atoms with van der Waals surface area (Å²) in [5.41, 5.74) is 0.705. The number of hydrogen-bond donors (Lipinski definition) is 1. The zero-order valence-electron chi connectivity index (χ0n) is 10.9. The number of nitrogens with one attached hydrogen (secondary N) is 1. The molecule has 1 aromatic carbocycles. The van der Waals surface area contributed by atoms with E-state index >= 15 is 0 Å². The van der Waals surface area contributed by atoms with Crippen molar-refractivity contribution in [3.05, 3.63) is 24.3 Å². The van der Waals surface area contributed by atoms with E-state index in [9.17, 15) is 4.79 Å². The number of amides is 1. The number of alkyl halides is 1. The van der Waals surface area contributed by atoms with Crippen LogP contribution in [0.15, 0.2) is 24.3 Å². The Morgan fingerprint density at radius 2 is 2.11 bits per heavy atom. The number of ether oxygens (including phenoxy) is 1. The molecule has 1 rings (SSSR count). The van der Waals surface area contributed by atoms with Gasteiger partial charge in [-0.3, -0.25) is 4.79 Å². The van der Waals surface area contributed by atoms with E-state index in [-0.39, 0.29) is 5.91 Å². The Balaban J connectivity index is 2.58. The monoisotopic (exact) mass is 269 g/mol. The minimum Gasteiger partial charge on any atom is -0.491 e. The molecule has 18 heavy (non-hydrogen) atoms. The molecule has 0 unspecified atom stereocenters. The summed E-state index contributed by atoms with van der Waals surface area (Å²) >= 11 is 5.53. The average Bonchev–Trinajstić information content (AvgIpc) is 2.31. The predicted octanol–water partition coefficient (Wildman–Crippen LogP) is 3.68.